The summed E-state index contributed by atoms with van der Waals surface area (Å²) in [5.41, 5.74) is 14.3. The van der Waals surface area contributed by atoms with Crippen molar-refractivity contribution in [2.75, 3.05) is 36.5 Å². The number of fused-ring (bicyclic) bond motifs is 1. The lowest BCUT2D eigenvalue weighted by Gasteiger charge is -2.19. The number of hydrogen-bond donors (Lipinski definition) is 4. The average molecular weight is 321 g/mol. The van der Waals surface area contributed by atoms with Gasteiger partial charge < -0.3 is 31.2 Å². The van der Waals surface area contributed by atoms with Gasteiger partial charge in [-0.1, -0.05) is 0 Å². The van der Waals surface area contributed by atoms with E-state index in [1.807, 2.05) is 17.6 Å². The Morgan fingerprint density at radius 3 is 2.74 bits per heavy atom. The summed E-state index contributed by atoms with van der Waals surface area (Å²) in [5.74, 6) is 0.468. The van der Waals surface area contributed by atoms with Crippen molar-refractivity contribution in [3.05, 3.63) is 12.1 Å². The minimum Gasteiger partial charge on any atom is -0.397 e. The molecule has 2 aromatic rings. The van der Waals surface area contributed by atoms with Crippen molar-refractivity contribution in [1.29, 1.82) is 0 Å². The monoisotopic (exact) mass is 321 g/mol. The summed E-state index contributed by atoms with van der Waals surface area (Å²) in [6.07, 6.45) is 0.861. The molecule has 0 aliphatic carbocycles. The quantitative estimate of drug-likeness (QED) is 0.436. The zero-order chi connectivity index (χ0) is 17.0. The number of aromatic nitrogens is 2. The summed E-state index contributed by atoms with van der Waals surface area (Å²) < 4.78 is 7.33. The molecule has 0 radical (unpaired) electrons. The Morgan fingerprint density at radius 1 is 1.35 bits per heavy atom. The van der Waals surface area contributed by atoms with Crippen LogP contribution in [0.25, 0.3) is 11.0 Å². The molecule has 2 rings (SSSR count). The Labute approximate surface area is 136 Å². The molecule has 0 aliphatic heterocycles. The van der Waals surface area contributed by atoms with E-state index in [1.54, 1.807) is 19.9 Å². The van der Waals surface area contributed by atoms with Crippen molar-refractivity contribution in [3.8, 4) is 0 Å². The third-order valence-corrected chi connectivity index (χ3v) is 3.54. The number of hydrogen-bond acceptors (Lipinski definition) is 6. The number of imidazole rings is 1. The van der Waals surface area contributed by atoms with Crippen LogP contribution in [0.5, 0.6) is 0 Å². The maximum atomic E-state index is 9.85. The first-order valence-corrected chi connectivity index (χ1v) is 7.91. The number of rotatable bonds is 8. The lowest BCUT2D eigenvalue weighted by atomic mass is 10.1. The lowest BCUT2D eigenvalue weighted by molar-refractivity contribution is 0.0945. The number of nitrogens with zero attached hydrogens (tertiary/aromatic N) is 2. The molecule has 0 saturated heterocycles. The van der Waals surface area contributed by atoms with Gasteiger partial charge in [0, 0.05) is 26.3 Å². The molecule has 0 aliphatic rings. The third-order valence-electron chi connectivity index (χ3n) is 3.54. The fraction of sp³-hybridized carbons (Fsp3) is 0.562. The van der Waals surface area contributed by atoms with Gasteiger partial charge in [0.25, 0.3) is 0 Å². The van der Waals surface area contributed by atoms with Crippen LogP contribution in [0.15, 0.2) is 12.1 Å². The number of nitrogens with one attached hydrogen (secondary N) is 1. The first kappa shape index (κ1) is 17.4. The van der Waals surface area contributed by atoms with E-state index in [0.717, 1.165) is 29.7 Å². The van der Waals surface area contributed by atoms with Gasteiger partial charge in [-0.15, -0.1) is 0 Å². The Kier molecular flexibility index (Phi) is 5.33. The summed E-state index contributed by atoms with van der Waals surface area (Å²) in [7, 11) is 0. The summed E-state index contributed by atoms with van der Waals surface area (Å²) in [6, 6.07) is 3.73. The SMILES string of the molecule is CCOCCCn1c(N)nc2cc(N)c(NCC(C)(C)O)cc21. The minimum absolute atomic E-state index is 0.399. The number of benzene rings is 1. The zero-order valence-corrected chi connectivity index (χ0v) is 14.1. The molecule has 7 heteroatoms. The molecule has 1 heterocycles. The van der Waals surface area contributed by atoms with Gasteiger partial charge in [0.1, 0.15) is 0 Å². The maximum Gasteiger partial charge on any atom is 0.201 e. The fourth-order valence-corrected chi connectivity index (χ4v) is 2.37. The number of aryl methyl sites for hydroxylation is 1. The van der Waals surface area contributed by atoms with Crippen molar-refractivity contribution in [2.45, 2.75) is 39.3 Å². The second kappa shape index (κ2) is 7.06. The fourth-order valence-electron chi connectivity index (χ4n) is 2.37. The molecule has 0 saturated carbocycles. The van der Waals surface area contributed by atoms with E-state index >= 15 is 0 Å². The van der Waals surface area contributed by atoms with Crippen LogP contribution in [0.1, 0.15) is 27.2 Å². The normalized spacial score (nSPS) is 12.0. The predicted octanol–water partition coefficient (Wildman–Crippen LogP) is 1.81. The van der Waals surface area contributed by atoms with Crippen LogP contribution in [0.2, 0.25) is 0 Å². The van der Waals surface area contributed by atoms with Gasteiger partial charge in [-0.2, -0.15) is 0 Å². The van der Waals surface area contributed by atoms with Crippen LogP contribution >= 0.6 is 0 Å². The number of anilines is 3. The van der Waals surface area contributed by atoms with E-state index in [4.69, 9.17) is 16.2 Å². The van der Waals surface area contributed by atoms with Gasteiger partial charge in [0.05, 0.1) is 28.0 Å². The van der Waals surface area contributed by atoms with Gasteiger partial charge in [-0.25, -0.2) is 4.98 Å². The van der Waals surface area contributed by atoms with E-state index < -0.39 is 5.60 Å². The van der Waals surface area contributed by atoms with E-state index in [1.165, 1.54) is 0 Å². The summed E-state index contributed by atoms with van der Waals surface area (Å²) in [4.78, 5) is 4.37. The van der Waals surface area contributed by atoms with E-state index in [2.05, 4.69) is 10.3 Å². The molecule has 1 aromatic heterocycles. The molecule has 0 atom stereocenters. The third kappa shape index (κ3) is 4.49. The van der Waals surface area contributed by atoms with Gasteiger partial charge in [-0.3, -0.25) is 0 Å². The standard InChI is InChI=1S/C16H27N5O2/c1-4-23-7-5-6-21-14-9-12(19-10-16(2,3)22)11(17)8-13(14)20-15(21)18/h8-9,19,22H,4-7,10,17H2,1-3H3,(H2,18,20). The van der Waals surface area contributed by atoms with Crippen LogP contribution in [0, 0.1) is 0 Å². The zero-order valence-electron chi connectivity index (χ0n) is 14.1. The molecule has 128 valence electrons. The highest BCUT2D eigenvalue weighted by Crippen LogP contribution is 2.28. The molecule has 1 aromatic carbocycles. The van der Waals surface area contributed by atoms with E-state index in [9.17, 15) is 5.11 Å². The molecule has 0 unspecified atom stereocenters. The predicted molar refractivity (Wildman–Crippen MR) is 94.5 cm³/mol. The van der Waals surface area contributed by atoms with Crippen LogP contribution in [-0.4, -0.2) is 40.0 Å². The van der Waals surface area contributed by atoms with Gasteiger partial charge >= 0.3 is 0 Å². The Hall–Kier alpha value is -1.99. The van der Waals surface area contributed by atoms with Crippen LogP contribution in [-0.2, 0) is 11.3 Å². The van der Waals surface area contributed by atoms with Gasteiger partial charge in [-0.05, 0) is 39.3 Å². The summed E-state index contributed by atoms with van der Waals surface area (Å²) >= 11 is 0. The van der Waals surface area contributed by atoms with Crippen LogP contribution in [0.3, 0.4) is 0 Å². The summed E-state index contributed by atoms with van der Waals surface area (Å²) in [6.45, 7) is 7.99. The Balaban J connectivity index is 2.24. The van der Waals surface area contributed by atoms with Crippen molar-refractivity contribution in [1.82, 2.24) is 9.55 Å². The molecule has 7 nitrogen and oxygen atoms in total. The number of ether oxygens (including phenoxy) is 1. The molecule has 0 bridgehead atoms. The second-order valence-electron chi connectivity index (χ2n) is 6.27. The number of aliphatic hydroxyl groups is 1. The van der Waals surface area contributed by atoms with Gasteiger partial charge in [0.15, 0.2) is 0 Å². The summed E-state index contributed by atoms with van der Waals surface area (Å²) in [5, 5.41) is 13.0. The molecule has 6 N–H and O–H groups in total. The first-order chi connectivity index (χ1) is 10.8. The molecule has 0 amide bonds. The Bertz CT molecular complexity index is 661. The van der Waals surface area contributed by atoms with E-state index in [-0.39, 0.29) is 0 Å². The molecule has 0 spiro atoms. The smallest absolute Gasteiger partial charge is 0.201 e. The highest BCUT2D eigenvalue weighted by atomic mass is 16.5. The second-order valence-corrected chi connectivity index (χ2v) is 6.27. The largest absolute Gasteiger partial charge is 0.397 e. The van der Waals surface area contributed by atoms with Crippen LogP contribution in [0.4, 0.5) is 17.3 Å². The lowest BCUT2D eigenvalue weighted by Crippen LogP contribution is -2.29. The highest BCUT2D eigenvalue weighted by molar-refractivity contribution is 5.88. The molecular formula is C16H27N5O2. The van der Waals surface area contributed by atoms with E-state index in [0.29, 0.717) is 31.4 Å². The van der Waals surface area contributed by atoms with Crippen molar-refractivity contribution < 1.29 is 9.84 Å². The van der Waals surface area contributed by atoms with Crippen molar-refractivity contribution in [3.63, 3.8) is 0 Å². The molecular weight excluding hydrogens is 294 g/mol. The van der Waals surface area contributed by atoms with Crippen LogP contribution < -0.4 is 16.8 Å². The average Bonchev–Trinajstić information content (AvgIpc) is 2.75. The Morgan fingerprint density at radius 2 is 2.09 bits per heavy atom. The molecule has 0 fully saturated rings. The van der Waals surface area contributed by atoms with Crippen molar-refractivity contribution in [2.24, 2.45) is 0 Å². The highest BCUT2D eigenvalue weighted by Gasteiger charge is 2.15. The molecule has 23 heavy (non-hydrogen) atoms. The number of nitrogens with two attached hydrogens (primary N) is 2. The number of nitrogen functional groups attached to an aromatic ring is 2. The maximum absolute atomic E-state index is 9.85. The van der Waals surface area contributed by atoms with Gasteiger partial charge in [0.2, 0.25) is 5.95 Å². The topological polar surface area (TPSA) is 111 Å². The minimum atomic E-state index is -0.821. The van der Waals surface area contributed by atoms with Crippen molar-refractivity contribution >= 4 is 28.4 Å². The first-order valence-electron chi connectivity index (χ1n) is 7.91.